The fourth-order valence-corrected chi connectivity index (χ4v) is 2.33. The minimum atomic E-state index is -1.44. The Hall–Kier alpha value is -2.69. The molecule has 0 aromatic carbocycles. The average Bonchev–Trinajstić information content (AvgIpc) is 2.63. The van der Waals surface area contributed by atoms with Crippen molar-refractivity contribution in [3.8, 4) is 0 Å². The van der Waals surface area contributed by atoms with E-state index in [2.05, 4.69) is 10.6 Å². The molecule has 4 unspecified atom stereocenters. The molecular formula is C19H33N3O8. The molecule has 2 amide bonds. The van der Waals surface area contributed by atoms with E-state index in [1.165, 1.54) is 6.92 Å². The van der Waals surface area contributed by atoms with Gasteiger partial charge in [-0.25, -0.2) is 9.59 Å². The van der Waals surface area contributed by atoms with Crippen LogP contribution in [0.3, 0.4) is 0 Å². The Morgan fingerprint density at radius 3 is 2.00 bits per heavy atom. The number of aliphatic carboxylic acids is 1. The van der Waals surface area contributed by atoms with Crippen molar-refractivity contribution in [1.82, 2.24) is 10.6 Å². The third kappa shape index (κ3) is 10.7. The highest BCUT2D eigenvalue weighted by Crippen LogP contribution is 2.09. The molecule has 0 rings (SSSR count). The summed E-state index contributed by atoms with van der Waals surface area (Å²) < 4.78 is 9.64. The quantitative estimate of drug-likeness (QED) is 0.286. The van der Waals surface area contributed by atoms with E-state index < -0.39 is 54.0 Å². The summed E-state index contributed by atoms with van der Waals surface area (Å²) in [4.78, 5) is 59.6. The Bertz CT molecular complexity index is 621. The van der Waals surface area contributed by atoms with Crippen molar-refractivity contribution >= 4 is 29.7 Å². The first-order chi connectivity index (χ1) is 13.9. The molecular weight excluding hydrogens is 398 g/mol. The summed E-state index contributed by atoms with van der Waals surface area (Å²) in [6, 6.07) is -3.11. The monoisotopic (exact) mass is 431 g/mol. The van der Waals surface area contributed by atoms with Crippen molar-refractivity contribution in [1.29, 1.82) is 0 Å². The Balaban J connectivity index is 5.38. The van der Waals surface area contributed by atoms with Crippen LogP contribution in [0.2, 0.25) is 0 Å². The first-order valence-electron chi connectivity index (χ1n) is 9.84. The van der Waals surface area contributed by atoms with Gasteiger partial charge in [-0.2, -0.15) is 0 Å². The molecule has 0 saturated heterocycles. The van der Waals surface area contributed by atoms with Crippen LogP contribution in [0.15, 0.2) is 0 Å². The zero-order chi connectivity index (χ0) is 23.4. The Morgan fingerprint density at radius 1 is 0.967 bits per heavy atom. The van der Waals surface area contributed by atoms with E-state index in [0.717, 1.165) is 6.92 Å². The van der Waals surface area contributed by atoms with Gasteiger partial charge in [-0.05, 0) is 39.5 Å². The minimum Gasteiger partial charge on any atom is -0.479 e. The minimum absolute atomic E-state index is 0.0334. The molecule has 0 radical (unpaired) electrons. The lowest BCUT2D eigenvalue weighted by Crippen LogP contribution is -2.54. The van der Waals surface area contributed by atoms with Gasteiger partial charge >= 0.3 is 17.9 Å². The van der Waals surface area contributed by atoms with Gasteiger partial charge in [0.15, 0.2) is 6.10 Å². The average molecular weight is 431 g/mol. The van der Waals surface area contributed by atoms with Crippen LogP contribution in [-0.2, 0) is 33.4 Å². The lowest BCUT2D eigenvalue weighted by Gasteiger charge is -2.24. The number of carboxylic acid groups (broad SMARTS) is 1. The molecule has 0 aromatic heterocycles. The van der Waals surface area contributed by atoms with E-state index in [9.17, 15) is 24.0 Å². The molecule has 0 aliphatic carbocycles. The highest BCUT2D eigenvalue weighted by Gasteiger charge is 2.31. The number of carbonyl (C=O) groups is 5. The molecule has 0 saturated carbocycles. The number of carboxylic acids is 1. The third-order valence-corrected chi connectivity index (χ3v) is 3.94. The topological polar surface area (TPSA) is 174 Å². The first kappa shape index (κ1) is 27.3. The number of amides is 2. The zero-order valence-electron chi connectivity index (χ0n) is 18.1. The van der Waals surface area contributed by atoms with Gasteiger partial charge in [0.1, 0.15) is 12.1 Å². The molecule has 0 aliphatic heterocycles. The largest absolute Gasteiger partial charge is 0.479 e. The van der Waals surface area contributed by atoms with Gasteiger partial charge in [0.25, 0.3) is 0 Å². The smallest absolute Gasteiger partial charge is 0.344 e. The maximum atomic E-state index is 12.7. The van der Waals surface area contributed by atoms with E-state index in [1.807, 2.05) is 13.8 Å². The second-order valence-electron chi connectivity index (χ2n) is 7.30. The van der Waals surface area contributed by atoms with Crippen LogP contribution in [0, 0.1) is 5.92 Å². The van der Waals surface area contributed by atoms with Gasteiger partial charge in [0.05, 0.1) is 12.6 Å². The van der Waals surface area contributed by atoms with E-state index in [-0.39, 0.29) is 31.8 Å². The molecule has 4 atom stereocenters. The van der Waals surface area contributed by atoms with Crippen LogP contribution >= 0.6 is 0 Å². The standard InChI is InChI=1S/C19H33N3O8/c1-6-29-15(23)8-7-13(19(28)30-12(5)18(26)27)21-17(25)14(9-10(2)3)22-16(24)11(4)20/h10-14H,6-9,20H2,1-5H3,(H,21,25)(H,22,24)(H,26,27). The maximum absolute atomic E-state index is 12.7. The van der Waals surface area contributed by atoms with Crippen molar-refractivity contribution in [2.24, 2.45) is 11.7 Å². The summed E-state index contributed by atoms with van der Waals surface area (Å²) in [5, 5.41) is 13.9. The van der Waals surface area contributed by atoms with Crippen molar-refractivity contribution in [3.63, 3.8) is 0 Å². The zero-order valence-corrected chi connectivity index (χ0v) is 18.1. The van der Waals surface area contributed by atoms with Gasteiger partial charge in [-0.15, -0.1) is 0 Å². The fourth-order valence-electron chi connectivity index (χ4n) is 2.33. The van der Waals surface area contributed by atoms with Gasteiger partial charge in [-0.1, -0.05) is 13.8 Å². The molecule has 30 heavy (non-hydrogen) atoms. The molecule has 172 valence electrons. The third-order valence-electron chi connectivity index (χ3n) is 3.94. The number of esters is 2. The van der Waals surface area contributed by atoms with Gasteiger partial charge in [0, 0.05) is 6.42 Å². The van der Waals surface area contributed by atoms with Crippen LogP contribution in [0.1, 0.15) is 53.9 Å². The normalized spacial score (nSPS) is 14.8. The molecule has 0 spiro atoms. The molecule has 0 fully saturated rings. The van der Waals surface area contributed by atoms with E-state index in [4.69, 9.17) is 20.3 Å². The molecule has 0 aromatic rings. The van der Waals surface area contributed by atoms with E-state index in [1.54, 1.807) is 6.92 Å². The second kappa shape index (κ2) is 13.5. The number of carbonyl (C=O) groups excluding carboxylic acids is 4. The number of nitrogens with one attached hydrogen (secondary N) is 2. The molecule has 11 nitrogen and oxygen atoms in total. The molecule has 5 N–H and O–H groups in total. The number of nitrogens with two attached hydrogens (primary N) is 1. The van der Waals surface area contributed by atoms with E-state index in [0.29, 0.717) is 0 Å². The number of hydrogen-bond acceptors (Lipinski definition) is 8. The van der Waals surface area contributed by atoms with Crippen LogP contribution in [0.25, 0.3) is 0 Å². The van der Waals surface area contributed by atoms with Crippen molar-refractivity contribution < 1.29 is 38.6 Å². The fraction of sp³-hybridized carbons (Fsp3) is 0.737. The number of ether oxygens (including phenoxy) is 2. The summed E-state index contributed by atoms with van der Waals surface area (Å²) in [6.45, 7) is 8.09. The number of rotatable bonds is 13. The van der Waals surface area contributed by atoms with Crippen LogP contribution in [-0.4, -0.2) is 65.7 Å². The summed E-state index contributed by atoms with van der Waals surface area (Å²) in [5.41, 5.74) is 5.53. The molecule has 11 heteroatoms. The molecule has 0 aliphatic rings. The van der Waals surface area contributed by atoms with E-state index >= 15 is 0 Å². The summed E-state index contributed by atoms with van der Waals surface area (Å²) >= 11 is 0. The first-order valence-corrected chi connectivity index (χ1v) is 9.84. The Kier molecular flexibility index (Phi) is 12.3. The van der Waals surface area contributed by atoms with Crippen molar-refractivity contribution in [2.45, 2.75) is 78.1 Å². The van der Waals surface area contributed by atoms with Crippen LogP contribution in [0.4, 0.5) is 0 Å². The maximum Gasteiger partial charge on any atom is 0.344 e. The van der Waals surface area contributed by atoms with Crippen molar-refractivity contribution in [2.75, 3.05) is 6.61 Å². The molecule has 0 heterocycles. The molecule has 0 bridgehead atoms. The van der Waals surface area contributed by atoms with Crippen LogP contribution < -0.4 is 16.4 Å². The van der Waals surface area contributed by atoms with Gasteiger partial charge in [0.2, 0.25) is 11.8 Å². The second-order valence-corrected chi connectivity index (χ2v) is 7.30. The SMILES string of the molecule is CCOC(=O)CCC(NC(=O)C(CC(C)C)NC(=O)C(C)N)C(=O)OC(C)C(=O)O. The summed E-state index contributed by atoms with van der Waals surface area (Å²) in [5.74, 6) is -4.14. The lowest BCUT2D eigenvalue weighted by molar-refractivity contribution is -0.165. The highest BCUT2D eigenvalue weighted by atomic mass is 16.6. The van der Waals surface area contributed by atoms with Gasteiger partial charge in [-0.3, -0.25) is 14.4 Å². The summed E-state index contributed by atoms with van der Waals surface area (Å²) in [7, 11) is 0. The predicted octanol–water partition coefficient (Wildman–Crippen LogP) is -0.291. The Labute approximate surface area is 176 Å². The van der Waals surface area contributed by atoms with Crippen LogP contribution in [0.5, 0.6) is 0 Å². The summed E-state index contributed by atoms with van der Waals surface area (Å²) in [6.07, 6.45) is -1.53. The van der Waals surface area contributed by atoms with Crippen molar-refractivity contribution in [3.05, 3.63) is 0 Å². The number of hydrogen-bond donors (Lipinski definition) is 4. The lowest BCUT2D eigenvalue weighted by atomic mass is 10.0. The van der Waals surface area contributed by atoms with Gasteiger partial charge < -0.3 is 30.9 Å². The Morgan fingerprint density at radius 2 is 1.53 bits per heavy atom. The highest BCUT2D eigenvalue weighted by molar-refractivity contribution is 5.92. The predicted molar refractivity (Wildman–Crippen MR) is 106 cm³/mol.